The van der Waals surface area contributed by atoms with Crippen molar-refractivity contribution in [3.05, 3.63) is 18.2 Å². The van der Waals surface area contributed by atoms with Crippen molar-refractivity contribution < 1.29 is 4.74 Å². The van der Waals surface area contributed by atoms with Gasteiger partial charge >= 0.3 is 0 Å². The molecule has 0 fully saturated rings. The molecule has 0 atom stereocenters. The summed E-state index contributed by atoms with van der Waals surface area (Å²) in [5.41, 5.74) is 7.42. The van der Waals surface area contributed by atoms with Crippen LogP contribution in [0, 0.1) is 11.3 Å². The topological polar surface area (TPSA) is 78.8 Å². The third kappa shape index (κ3) is 3.15. The number of methoxy groups -OCH3 is 1. The maximum Gasteiger partial charge on any atom is 0.185 e. The van der Waals surface area contributed by atoms with Gasteiger partial charge in [-0.05, 0) is 40.0 Å². The highest BCUT2D eigenvalue weighted by Gasteiger charge is 2.26. The summed E-state index contributed by atoms with van der Waals surface area (Å²) in [6.45, 7) is 9.54. The van der Waals surface area contributed by atoms with E-state index in [1.807, 2.05) is 16.8 Å². The van der Waals surface area contributed by atoms with Crippen LogP contribution in [-0.4, -0.2) is 27.3 Å². The van der Waals surface area contributed by atoms with Crippen LogP contribution in [0.2, 0.25) is 0 Å². The minimum atomic E-state index is 0.0810. The molecule has 0 saturated heterocycles. The van der Waals surface area contributed by atoms with Gasteiger partial charge in [-0.25, -0.2) is 4.68 Å². The van der Waals surface area contributed by atoms with Gasteiger partial charge in [-0.15, -0.1) is 5.10 Å². The summed E-state index contributed by atoms with van der Waals surface area (Å²) >= 11 is 0. The molecule has 0 unspecified atom stereocenters. The molecule has 0 saturated carbocycles. The summed E-state index contributed by atoms with van der Waals surface area (Å²) in [5.74, 6) is 1.90. The summed E-state index contributed by atoms with van der Waals surface area (Å²) in [6.07, 6.45) is 0. The molecule has 0 aliphatic heterocycles. The largest absolute Gasteiger partial charge is 0.496 e. The van der Waals surface area contributed by atoms with Gasteiger partial charge in [0.1, 0.15) is 5.75 Å². The number of tetrazole rings is 1. The van der Waals surface area contributed by atoms with E-state index in [0.29, 0.717) is 23.2 Å². The lowest BCUT2D eigenvalue weighted by atomic mass is 9.81. The van der Waals surface area contributed by atoms with Crippen LogP contribution in [0.25, 0.3) is 11.4 Å². The molecular formula is C15H23N5O. The van der Waals surface area contributed by atoms with Crippen molar-refractivity contribution in [2.75, 3.05) is 12.8 Å². The fourth-order valence-corrected chi connectivity index (χ4v) is 1.97. The maximum atomic E-state index is 5.88. The molecule has 6 heteroatoms. The first-order valence-electron chi connectivity index (χ1n) is 7.05. The first-order valence-corrected chi connectivity index (χ1v) is 7.05. The highest BCUT2D eigenvalue weighted by Crippen LogP contribution is 2.33. The van der Waals surface area contributed by atoms with E-state index in [2.05, 4.69) is 43.2 Å². The summed E-state index contributed by atoms with van der Waals surface area (Å²) in [6, 6.07) is 5.47. The quantitative estimate of drug-likeness (QED) is 0.856. The zero-order valence-corrected chi connectivity index (χ0v) is 13.3. The Bertz CT molecular complexity index is 618. The number of rotatable bonds is 5. The monoisotopic (exact) mass is 289 g/mol. The van der Waals surface area contributed by atoms with Crippen LogP contribution in [0.3, 0.4) is 0 Å². The molecule has 1 aromatic heterocycles. The van der Waals surface area contributed by atoms with Gasteiger partial charge in [0.25, 0.3) is 0 Å². The zero-order valence-electron chi connectivity index (χ0n) is 13.3. The second-order valence-corrected chi connectivity index (χ2v) is 6.26. The van der Waals surface area contributed by atoms with Gasteiger partial charge in [0.15, 0.2) is 5.82 Å². The van der Waals surface area contributed by atoms with E-state index in [9.17, 15) is 0 Å². The van der Waals surface area contributed by atoms with E-state index in [-0.39, 0.29) is 5.41 Å². The minimum Gasteiger partial charge on any atom is -0.496 e. The first-order chi connectivity index (χ1) is 9.85. The van der Waals surface area contributed by atoms with Crippen molar-refractivity contribution in [1.82, 2.24) is 20.2 Å². The molecule has 0 spiro atoms. The lowest BCUT2D eigenvalue weighted by Gasteiger charge is -2.29. The number of aromatic nitrogens is 4. The van der Waals surface area contributed by atoms with Crippen molar-refractivity contribution in [2.45, 2.75) is 34.2 Å². The fraction of sp³-hybridized carbons (Fsp3) is 0.533. The molecule has 0 aliphatic rings. The Kier molecular flexibility index (Phi) is 4.16. The summed E-state index contributed by atoms with van der Waals surface area (Å²) in [7, 11) is 1.63. The Hall–Kier alpha value is -2.11. The molecule has 2 rings (SSSR count). The van der Waals surface area contributed by atoms with Crippen molar-refractivity contribution in [2.24, 2.45) is 11.3 Å². The van der Waals surface area contributed by atoms with Crippen LogP contribution in [0.4, 0.5) is 5.69 Å². The molecule has 0 aliphatic carbocycles. The maximum absolute atomic E-state index is 5.88. The van der Waals surface area contributed by atoms with E-state index >= 15 is 0 Å². The van der Waals surface area contributed by atoms with Crippen molar-refractivity contribution >= 4 is 5.69 Å². The van der Waals surface area contributed by atoms with Gasteiger partial charge in [-0.2, -0.15) is 0 Å². The lowest BCUT2D eigenvalue weighted by molar-refractivity contribution is 0.200. The zero-order chi connectivity index (χ0) is 15.6. The van der Waals surface area contributed by atoms with Crippen LogP contribution in [0.1, 0.15) is 27.7 Å². The predicted molar refractivity (Wildman–Crippen MR) is 82.8 cm³/mol. The number of benzene rings is 1. The fourth-order valence-electron chi connectivity index (χ4n) is 1.97. The second-order valence-electron chi connectivity index (χ2n) is 6.26. The molecule has 1 aromatic carbocycles. The molecule has 6 nitrogen and oxygen atoms in total. The number of nitrogen functional groups attached to an aromatic ring is 1. The Balaban J connectivity index is 2.44. The van der Waals surface area contributed by atoms with E-state index in [4.69, 9.17) is 10.5 Å². The van der Waals surface area contributed by atoms with E-state index in [1.54, 1.807) is 13.2 Å². The average Bonchev–Trinajstić information content (AvgIpc) is 2.85. The Morgan fingerprint density at radius 1 is 1.33 bits per heavy atom. The number of hydrogen-bond acceptors (Lipinski definition) is 5. The smallest absolute Gasteiger partial charge is 0.185 e. The third-order valence-corrected chi connectivity index (χ3v) is 4.12. The molecule has 2 aromatic rings. The molecular weight excluding hydrogens is 266 g/mol. The van der Waals surface area contributed by atoms with Gasteiger partial charge in [0.2, 0.25) is 0 Å². The average molecular weight is 289 g/mol. The molecule has 114 valence electrons. The Morgan fingerprint density at radius 3 is 2.67 bits per heavy atom. The van der Waals surface area contributed by atoms with E-state index in [0.717, 1.165) is 12.1 Å². The molecule has 0 radical (unpaired) electrons. The van der Waals surface area contributed by atoms with Gasteiger partial charge in [0.05, 0.1) is 19.2 Å². The Morgan fingerprint density at radius 2 is 2.05 bits per heavy atom. The van der Waals surface area contributed by atoms with Crippen LogP contribution in [-0.2, 0) is 6.54 Å². The Labute approximate surface area is 125 Å². The molecule has 0 amide bonds. The normalized spacial score (nSPS) is 11.9. The molecule has 0 bridgehead atoms. The highest BCUT2D eigenvalue weighted by molar-refractivity contribution is 5.68. The SMILES string of the molecule is COc1ccc(N)cc1-c1nnnn1CC(C)(C)C(C)C. The van der Waals surface area contributed by atoms with Crippen molar-refractivity contribution in [3.8, 4) is 17.1 Å². The number of ether oxygens (including phenoxy) is 1. The van der Waals surface area contributed by atoms with Gasteiger partial charge < -0.3 is 10.5 Å². The van der Waals surface area contributed by atoms with E-state index in [1.165, 1.54) is 0 Å². The van der Waals surface area contributed by atoms with Crippen LogP contribution < -0.4 is 10.5 Å². The van der Waals surface area contributed by atoms with Gasteiger partial charge in [-0.1, -0.05) is 27.7 Å². The molecule has 1 heterocycles. The minimum absolute atomic E-state index is 0.0810. The molecule has 21 heavy (non-hydrogen) atoms. The number of anilines is 1. The lowest BCUT2D eigenvalue weighted by Crippen LogP contribution is -2.26. The summed E-state index contributed by atoms with van der Waals surface area (Å²) in [5, 5.41) is 12.1. The van der Waals surface area contributed by atoms with Gasteiger partial charge in [0, 0.05) is 5.69 Å². The highest BCUT2D eigenvalue weighted by atomic mass is 16.5. The van der Waals surface area contributed by atoms with E-state index < -0.39 is 0 Å². The number of nitrogens with two attached hydrogens (primary N) is 1. The summed E-state index contributed by atoms with van der Waals surface area (Å²) < 4.78 is 7.21. The standard InChI is InChI=1S/C15H23N5O/c1-10(2)15(3,4)9-20-14(17-18-19-20)12-8-11(16)6-7-13(12)21-5/h6-8,10H,9,16H2,1-5H3. The number of hydrogen-bond donors (Lipinski definition) is 1. The predicted octanol–water partition coefficient (Wildman–Crippen LogP) is 2.61. The summed E-state index contributed by atoms with van der Waals surface area (Å²) in [4.78, 5) is 0. The van der Waals surface area contributed by atoms with Crippen molar-refractivity contribution in [3.63, 3.8) is 0 Å². The van der Waals surface area contributed by atoms with Crippen molar-refractivity contribution in [1.29, 1.82) is 0 Å². The number of nitrogens with zero attached hydrogens (tertiary/aromatic N) is 4. The second kappa shape index (κ2) is 5.71. The van der Waals surface area contributed by atoms with Crippen LogP contribution in [0.5, 0.6) is 5.75 Å². The van der Waals surface area contributed by atoms with Gasteiger partial charge in [-0.3, -0.25) is 0 Å². The third-order valence-electron chi connectivity index (χ3n) is 4.12. The molecule has 2 N–H and O–H groups in total. The first kappa shape index (κ1) is 15.3. The van der Waals surface area contributed by atoms with Crippen LogP contribution >= 0.6 is 0 Å². The van der Waals surface area contributed by atoms with Crippen LogP contribution in [0.15, 0.2) is 18.2 Å².